The Morgan fingerprint density at radius 2 is 1.75 bits per heavy atom. The summed E-state index contributed by atoms with van der Waals surface area (Å²) >= 11 is -1.35. The normalized spacial score (nSPS) is 10.2. The molecule has 0 N–H and O–H groups in total. The molecule has 0 radical (unpaired) electrons. The predicted octanol–water partition coefficient (Wildman–Crippen LogP) is 3.55. The van der Waals surface area contributed by atoms with Crippen molar-refractivity contribution in [3.05, 3.63) is 0 Å². The van der Waals surface area contributed by atoms with Gasteiger partial charge in [-0.3, -0.25) is 0 Å². The maximum atomic E-state index is 5.70. The summed E-state index contributed by atoms with van der Waals surface area (Å²) in [5.41, 5.74) is 0. The van der Waals surface area contributed by atoms with Crippen LogP contribution in [0.3, 0.4) is 0 Å². The molecule has 0 aromatic carbocycles. The molecule has 0 spiro atoms. The third-order valence-corrected chi connectivity index (χ3v) is 3.76. The molecule has 0 aromatic rings. The number of ether oxygens (including phenoxy) is 1. The third kappa shape index (κ3) is 11.1. The number of halogens is 2. The third-order valence-electron chi connectivity index (χ3n) is 1.60. The Labute approximate surface area is 88.2 Å². The van der Waals surface area contributed by atoms with E-state index < -0.39 is 12.3 Å². The lowest BCUT2D eigenvalue weighted by Crippen LogP contribution is -1.98. The van der Waals surface area contributed by atoms with Crippen LogP contribution in [0, 0.1) is 0 Å². The average Bonchev–Trinajstić information content (AvgIpc) is 2.02. The van der Waals surface area contributed by atoms with E-state index in [1.165, 1.54) is 12.8 Å². The molecule has 4 heteroatoms. The van der Waals surface area contributed by atoms with E-state index in [1.54, 1.807) is 0 Å². The Morgan fingerprint density at radius 1 is 1.08 bits per heavy atom. The van der Waals surface area contributed by atoms with Gasteiger partial charge in [-0.2, -0.15) is 0 Å². The van der Waals surface area contributed by atoms with E-state index in [0.29, 0.717) is 0 Å². The summed E-state index contributed by atoms with van der Waals surface area (Å²) in [6.45, 7) is 3.94. The maximum absolute atomic E-state index is 5.70. The SMILES string of the molecule is CCCCOCCC[CH2][Al]([Cl])[Cl]. The zero-order valence-electron chi connectivity index (χ0n) is 7.69. The molecule has 0 aliphatic heterocycles. The second-order valence-corrected chi connectivity index (χ2v) is 8.04. The molecule has 12 heavy (non-hydrogen) atoms. The Morgan fingerprint density at radius 3 is 2.33 bits per heavy atom. The quantitative estimate of drug-likeness (QED) is 0.455. The fourth-order valence-corrected chi connectivity index (χ4v) is 2.37. The van der Waals surface area contributed by atoms with Gasteiger partial charge in [0.25, 0.3) is 0 Å². The van der Waals surface area contributed by atoms with Crippen LogP contribution in [0.2, 0.25) is 5.28 Å². The van der Waals surface area contributed by atoms with Crippen LogP contribution in [0.25, 0.3) is 0 Å². The minimum absolute atomic E-state index is 0.870. The summed E-state index contributed by atoms with van der Waals surface area (Å²) in [7, 11) is 11.4. The van der Waals surface area contributed by atoms with Crippen LogP contribution in [0.4, 0.5) is 0 Å². The lowest BCUT2D eigenvalue weighted by molar-refractivity contribution is 0.128. The van der Waals surface area contributed by atoms with E-state index in [-0.39, 0.29) is 0 Å². The van der Waals surface area contributed by atoms with Crippen molar-refractivity contribution < 1.29 is 4.74 Å². The van der Waals surface area contributed by atoms with E-state index in [1.807, 2.05) is 0 Å². The van der Waals surface area contributed by atoms with Crippen molar-refractivity contribution in [2.24, 2.45) is 0 Å². The molecular formula is C8H17AlCl2O. The van der Waals surface area contributed by atoms with E-state index in [4.69, 9.17) is 24.8 Å². The van der Waals surface area contributed by atoms with Crippen LogP contribution in [-0.2, 0) is 4.74 Å². The Balaban J connectivity index is 2.82. The molecule has 0 atom stereocenters. The molecule has 0 saturated carbocycles. The lowest BCUT2D eigenvalue weighted by Gasteiger charge is -2.01. The number of unbranched alkanes of at least 4 members (excludes halogenated alkanes) is 2. The molecule has 0 amide bonds. The van der Waals surface area contributed by atoms with E-state index in [0.717, 1.165) is 31.3 Å². The topological polar surface area (TPSA) is 9.23 Å². The van der Waals surface area contributed by atoms with Crippen molar-refractivity contribution in [3.63, 3.8) is 0 Å². The monoisotopic (exact) mass is 226 g/mol. The van der Waals surface area contributed by atoms with Crippen LogP contribution >= 0.6 is 20.1 Å². The van der Waals surface area contributed by atoms with Crippen molar-refractivity contribution in [1.29, 1.82) is 0 Å². The zero-order valence-corrected chi connectivity index (χ0v) is 10.4. The van der Waals surface area contributed by atoms with E-state index in [2.05, 4.69) is 6.92 Å². The van der Waals surface area contributed by atoms with Gasteiger partial charge in [-0.15, -0.1) is 0 Å². The van der Waals surface area contributed by atoms with Gasteiger partial charge in [0.05, 0.1) is 0 Å². The number of hydrogen-bond donors (Lipinski definition) is 0. The first-order valence-corrected chi connectivity index (χ1v) is 8.94. The van der Waals surface area contributed by atoms with Crippen molar-refractivity contribution in [3.8, 4) is 0 Å². The summed E-state index contributed by atoms with van der Waals surface area (Å²) in [5.74, 6) is 0. The molecule has 1 nitrogen and oxygen atoms in total. The fraction of sp³-hybridized carbons (Fsp3) is 1.00. The van der Waals surface area contributed by atoms with Gasteiger partial charge in [-0.1, -0.05) is 25.0 Å². The molecule has 0 unspecified atom stereocenters. The standard InChI is InChI=1S/C8H17O.Al.2ClH/c1-3-5-7-9-8-6-4-2;;;/h1,3-8H2,2H3;;2*1H/q;+2;;/p-2. The second kappa shape index (κ2) is 10.2. The van der Waals surface area contributed by atoms with E-state index >= 15 is 0 Å². The first-order valence-electron chi connectivity index (χ1n) is 4.63. The highest BCUT2D eigenvalue weighted by atomic mass is 35.7. The minimum Gasteiger partial charge on any atom is -0.381 e. The van der Waals surface area contributed by atoms with Crippen molar-refractivity contribution in [2.45, 2.75) is 37.9 Å². The van der Waals surface area contributed by atoms with Gasteiger partial charge in [0.1, 0.15) is 0 Å². The minimum atomic E-state index is -1.35. The Bertz CT molecular complexity index is 91.1. The Hall–Kier alpha value is 1.07. The van der Waals surface area contributed by atoms with Crippen molar-refractivity contribution in [2.75, 3.05) is 13.2 Å². The van der Waals surface area contributed by atoms with Gasteiger partial charge in [0.15, 0.2) is 0 Å². The predicted molar refractivity (Wildman–Crippen MR) is 57.2 cm³/mol. The lowest BCUT2D eigenvalue weighted by atomic mass is 10.3. The summed E-state index contributed by atoms with van der Waals surface area (Å²) < 4.78 is 5.39. The highest BCUT2D eigenvalue weighted by Crippen LogP contribution is 2.08. The molecule has 0 rings (SSSR count). The molecule has 72 valence electrons. The fourth-order valence-electron chi connectivity index (χ4n) is 0.851. The summed E-state index contributed by atoms with van der Waals surface area (Å²) in [4.78, 5) is 0. The van der Waals surface area contributed by atoms with Crippen molar-refractivity contribution in [1.82, 2.24) is 0 Å². The van der Waals surface area contributed by atoms with Gasteiger partial charge < -0.3 is 4.74 Å². The molecular weight excluding hydrogens is 210 g/mol. The summed E-state index contributed by atoms with van der Waals surface area (Å²) in [6.07, 6.45) is 4.60. The zero-order chi connectivity index (χ0) is 9.23. The van der Waals surface area contributed by atoms with E-state index in [9.17, 15) is 0 Å². The van der Waals surface area contributed by atoms with Crippen LogP contribution in [0.15, 0.2) is 0 Å². The maximum Gasteiger partial charge on any atom is 0.519 e. The first kappa shape index (κ1) is 13.1. The van der Waals surface area contributed by atoms with Gasteiger partial charge in [0, 0.05) is 13.2 Å². The largest absolute Gasteiger partial charge is 0.519 e. The van der Waals surface area contributed by atoms with Gasteiger partial charge >= 0.3 is 12.3 Å². The molecule has 0 saturated heterocycles. The van der Waals surface area contributed by atoms with Crippen LogP contribution < -0.4 is 0 Å². The highest BCUT2D eigenvalue weighted by Gasteiger charge is 2.08. The molecule has 0 aliphatic rings. The van der Waals surface area contributed by atoms with Gasteiger partial charge in [-0.25, -0.2) is 20.1 Å². The van der Waals surface area contributed by atoms with Crippen molar-refractivity contribution >= 4 is 32.4 Å². The second-order valence-electron chi connectivity index (χ2n) is 2.85. The first-order chi connectivity index (χ1) is 5.77. The van der Waals surface area contributed by atoms with Gasteiger partial charge in [-0.05, 0) is 12.8 Å². The molecule has 0 heterocycles. The Kier molecular flexibility index (Phi) is 11.1. The highest BCUT2D eigenvalue weighted by molar-refractivity contribution is 7.33. The molecule has 0 aliphatic carbocycles. The van der Waals surface area contributed by atoms with Crippen LogP contribution in [0.5, 0.6) is 0 Å². The van der Waals surface area contributed by atoms with Crippen LogP contribution in [-0.4, -0.2) is 25.5 Å². The average molecular weight is 227 g/mol. The molecule has 0 aromatic heterocycles. The summed E-state index contributed by atoms with van der Waals surface area (Å²) in [6, 6.07) is 0. The number of rotatable bonds is 8. The number of hydrogen-bond acceptors (Lipinski definition) is 1. The van der Waals surface area contributed by atoms with Crippen LogP contribution in [0.1, 0.15) is 32.6 Å². The van der Waals surface area contributed by atoms with Gasteiger partial charge in [0.2, 0.25) is 0 Å². The summed E-state index contributed by atoms with van der Waals surface area (Å²) in [5, 5.41) is 1.01. The molecule has 0 fully saturated rings. The smallest absolute Gasteiger partial charge is 0.381 e. The molecule has 0 bridgehead atoms.